The predicted molar refractivity (Wildman–Crippen MR) is 92.4 cm³/mol. The Balaban J connectivity index is 2.08. The Hall–Kier alpha value is -2.81. The number of amides is 1. The summed E-state index contributed by atoms with van der Waals surface area (Å²) in [4.78, 5) is 11.7. The van der Waals surface area contributed by atoms with Crippen molar-refractivity contribution in [3.8, 4) is 11.5 Å². The molecule has 1 aliphatic rings. The first kappa shape index (κ1) is 18.0. The average Bonchev–Trinajstić information content (AvgIpc) is 2.66. The Bertz CT molecular complexity index is 948. The van der Waals surface area contributed by atoms with Crippen molar-refractivity contribution < 1.29 is 27.1 Å². The minimum atomic E-state index is -4.12. The number of hydrogen-bond donors (Lipinski definition) is 1. The van der Waals surface area contributed by atoms with E-state index in [9.17, 15) is 17.6 Å². The van der Waals surface area contributed by atoms with E-state index in [-0.39, 0.29) is 28.6 Å². The molecule has 9 heteroatoms. The van der Waals surface area contributed by atoms with Crippen LogP contribution < -0.4 is 19.1 Å². The number of likely N-dealkylation sites (N-methyl/N-ethyl adjacent to an activating group) is 1. The largest absolute Gasteiger partial charge is 0.494 e. The van der Waals surface area contributed by atoms with Crippen molar-refractivity contribution in [3.05, 3.63) is 48.3 Å². The summed E-state index contributed by atoms with van der Waals surface area (Å²) in [6.45, 7) is -0.229. The molecule has 3 rings (SSSR count). The van der Waals surface area contributed by atoms with Gasteiger partial charge in [0.25, 0.3) is 15.9 Å². The smallest absolute Gasteiger partial charge is 0.264 e. The zero-order chi connectivity index (χ0) is 18.9. The molecule has 1 amide bonds. The van der Waals surface area contributed by atoms with E-state index in [2.05, 4.69) is 5.32 Å². The number of hydrogen-bond acceptors (Lipinski definition) is 5. The molecule has 0 fully saturated rings. The summed E-state index contributed by atoms with van der Waals surface area (Å²) in [5.74, 6) is -1.06. The Morgan fingerprint density at radius 1 is 1.31 bits per heavy atom. The van der Waals surface area contributed by atoms with Crippen LogP contribution in [0.5, 0.6) is 11.5 Å². The van der Waals surface area contributed by atoms with Gasteiger partial charge >= 0.3 is 0 Å². The summed E-state index contributed by atoms with van der Waals surface area (Å²) in [6, 6.07) is 9.84. The van der Waals surface area contributed by atoms with Crippen molar-refractivity contribution in [2.45, 2.75) is 11.0 Å². The van der Waals surface area contributed by atoms with Gasteiger partial charge in [0.15, 0.2) is 17.7 Å². The molecule has 1 N–H and O–H groups in total. The molecule has 1 unspecified atom stereocenters. The molecule has 0 radical (unpaired) electrons. The summed E-state index contributed by atoms with van der Waals surface area (Å²) in [7, 11) is -1.39. The van der Waals surface area contributed by atoms with Crippen molar-refractivity contribution in [1.29, 1.82) is 0 Å². The first-order valence-electron chi connectivity index (χ1n) is 7.72. The van der Waals surface area contributed by atoms with Crippen LogP contribution in [-0.2, 0) is 14.8 Å². The first-order valence-corrected chi connectivity index (χ1v) is 9.16. The molecule has 2 aromatic carbocycles. The van der Waals surface area contributed by atoms with Crippen LogP contribution in [0, 0.1) is 5.82 Å². The van der Waals surface area contributed by atoms with Crippen LogP contribution in [0.15, 0.2) is 47.4 Å². The van der Waals surface area contributed by atoms with E-state index in [0.717, 1.165) is 10.4 Å². The van der Waals surface area contributed by atoms with Gasteiger partial charge < -0.3 is 14.8 Å². The highest BCUT2D eigenvalue weighted by Crippen LogP contribution is 2.37. The lowest BCUT2D eigenvalue weighted by molar-refractivity contribution is -0.127. The van der Waals surface area contributed by atoms with E-state index in [0.29, 0.717) is 0 Å². The van der Waals surface area contributed by atoms with Crippen LogP contribution in [0.25, 0.3) is 0 Å². The van der Waals surface area contributed by atoms with E-state index in [1.54, 1.807) is 24.3 Å². The second kappa shape index (κ2) is 6.83. The lowest BCUT2D eigenvalue weighted by Crippen LogP contribution is -2.50. The number of rotatable bonds is 4. The molecular weight excluding hydrogens is 363 g/mol. The predicted octanol–water partition coefficient (Wildman–Crippen LogP) is 1.54. The maximum absolute atomic E-state index is 14.0. The highest BCUT2D eigenvalue weighted by molar-refractivity contribution is 7.92. The second-order valence-corrected chi connectivity index (χ2v) is 7.38. The summed E-state index contributed by atoms with van der Waals surface area (Å²) in [5, 5.41) is 2.44. The van der Waals surface area contributed by atoms with Gasteiger partial charge in [-0.15, -0.1) is 0 Å². The molecule has 0 saturated heterocycles. The van der Waals surface area contributed by atoms with Crippen LogP contribution in [0.1, 0.15) is 0 Å². The van der Waals surface area contributed by atoms with Crippen LogP contribution in [0.4, 0.5) is 10.1 Å². The van der Waals surface area contributed by atoms with Gasteiger partial charge in [0.2, 0.25) is 0 Å². The minimum absolute atomic E-state index is 0.0606. The normalized spacial score (nSPS) is 16.4. The van der Waals surface area contributed by atoms with Crippen molar-refractivity contribution >= 4 is 21.6 Å². The number of ether oxygens (including phenoxy) is 2. The number of nitrogens with zero attached hydrogens (tertiary/aromatic N) is 1. The summed E-state index contributed by atoms with van der Waals surface area (Å²) < 4.78 is 51.6. The maximum Gasteiger partial charge on any atom is 0.264 e. The molecule has 1 heterocycles. The van der Waals surface area contributed by atoms with Crippen LogP contribution in [-0.4, -0.2) is 41.1 Å². The molecule has 0 aromatic heterocycles. The molecule has 26 heavy (non-hydrogen) atoms. The van der Waals surface area contributed by atoms with Gasteiger partial charge in [-0.25, -0.2) is 12.8 Å². The standard InChI is InChI=1S/C17H17FN2O5S/c1-19-17(21)16-10-20(13-5-3-4-6-15(13)25-16)26(22,23)11-7-8-14(24-2)12(18)9-11/h3-9,16H,10H2,1-2H3,(H,19,21). The summed E-state index contributed by atoms with van der Waals surface area (Å²) in [5.41, 5.74) is 0.281. The molecule has 0 bridgehead atoms. The highest BCUT2D eigenvalue weighted by atomic mass is 32.2. The van der Waals surface area contributed by atoms with E-state index in [1.165, 1.54) is 26.3 Å². The molecule has 1 atom stereocenters. The first-order chi connectivity index (χ1) is 12.4. The molecule has 1 aliphatic heterocycles. The molecule has 138 valence electrons. The van der Waals surface area contributed by atoms with Gasteiger partial charge in [-0.2, -0.15) is 0 Å². The van der Waals surface area contributed by atoms with E-state index in [1.807, 2.05) is 0 Å². The molecular formula is C17H17FN2O5S. The lowest BCUT2D eigenvalue weighted by Gasteiger charge is -2.34. The Morgan fingerprint density at radius 2 is 2.04 bits per heavy atom. The van der Waals surface area contributed by atoms with Crippen LogP contribution >= 0.6 is 0 Å². The fourth-order valence-electron chi connectivity index (χ4n) is 2.66. The minimum Gasteiger partial charge on any atom is -0.494 e. The Labute approximate surface area is 150 Å². The fraction of sp³-hybridized carbons (Fsp3) is 0.235. The molecule has 7 nitrogen and oxygen atoms in total. The lowest BCUT2D eigenvalue weighted by atomic mass is 10.2. The van der Waals surface area contributed by atoms with Crippen molar-refractivity contribution in [1.82, 2.24) is 5.32 Å². The average molecular weight is 380 g/mol. The topological polar surface area (TPSA) is 84.9 Å². The van der Waals surface area contributed by atoms with Crippen molar-refractivity contribution in [3.63, 3.8) is 0 Å². The van der Waals surface area contributed by atoms with Crippen molar-refractivity contribution in [2.75, 3.05) is 25.0 Å². The molecule has 0 saturated carbocycles. The molecule has 0 aliphatic carbocycles. The summed E-state index contributed by atoms with van der Waals surface area (Å²) in [6.07, 6.45) is -1.02. The maximum atomic E-state index is 14.0. The van der Waals surface area contributed by atoms with E-state index in [4.69, 9.17) is 9.47 Å². The highest BCUT2D eigenvalue weighted by Gasteiger charge is 2.37. The summed E-state index contributed by atoms with van der Waals surface area (Å²) >= 11 is 0. The number of methoxy groups -OCH3 is 1. The Kier molecular flexibility index (Phi) is 4.73. The number of anilines is 1. The van der Waals surface area contributed by atoms with Gasteiger partial charge in [-0.3, -0.25) is 9.10 Å². The quantitative estimate of drug-likeness (QED) is 0.870. The number of para-hydroxylation sites is 2. The van der Waals surface area contributed by atoms with Gasteiger partial charge in [-0.1, -0.05) is 12.1 Å². The molecule has 2 aromatic rings. The number of sulfonamides is 1. The third kappa shape index (κ3) is 3.05. The van der Waals surface area contributed by atoms with Gasteiger partial charge in [0.05, 0.1) is 24.2 Å². The zero-order valence-electron chi connectivity index (χ0n) is 14.1. The third-order valence-electron chi connectivity index (χ3n) is 3.98. The number of halogens is 1. The molecule has 0 spiro atoms. The zero-order valence-corrected chi connectivity index (χ0v) is 14.9. The van der Waals surface area contributed by atoms with Gasteiger partial charge in [-0.05, 0) is 30.3 Å². The SMILES string of the molecule is CNC(=O)C1CN(S(=O)(=O)c2ccc(OC)c(F)c2)c2ccccc2O1. The van der Waals surface area contributed by atoms with Crippen LogP contribution in [0.3, 0.4) is 0 Å². The number of carbonyl (C=O) groups is 1. The van der Waals surface area contributed by atoms with E-state index < -0.39 is 27.9 Å². The fourth-order valence-corrected chi connectivity index (χ4v) is 4.15. The second-order valence-electron chi connectivity index (χ2n) is 5.52. The van der Waals surface area contributed by atoms with Crippen molar-refractivity contribution in [2.24, 2.45) is 0 Å². The van der Waals surface area contributed by atoms with Gasteiger partial charge in [0, 0.05) is 7.05 Å². The monoisotopic (exact) mass is 380 g/mol. The van der Waals surface area contributed by atoms with E-state index >= 15 is 0 Å². The van der Waals surface area contributed by atoms with Gasteiger partial charge in [0.1, 0.15) is 5.75 Å². The third-order valence-corrected chi connectivity index (χ3v) is 5.76. The number of benzene rings is 2. The van der Waals surface area contributed by atoms with Crippen LogP contribution in [0.2, 0.25) is 0 Å². The Morgan fingerprint density at radius 3 is 2.69 bits per heavy atom. The number of carbonyl (C=O) groups excluding carboxylic acids is 1. The number of nitrogens with one attached hydrogen (secondary N) is 1. The number of fused-ring (bicyclic) bond motifs is 1.